The quantitative estimate of drug-likeness (QED) is 0.426. The van der Waals surface area contributed by atoms with Crippen LogP contribution in [0.2, 0.25) is 0 Å². The van der Waals surface area contributed by atoms with Gasteiger partial charge in [-0.2, -0.15) is 13.2 Å². The van der Waals surface area contributed by atoms with Crippen LogP contribution in [-0.4, -0.2) is 23.2 Å². The number of aromatic nitrogens is 2. The molecule has 7 rings (SSSR count). The fourth-order valence-corrected chi connectivity index (χ4v) is 8.05. The molecule has 4 nitrogen and oxygen atoms in total. The lowest BCUT2D eigenvalue weighted by Gasteiger charge is -2.47. The van der Waals surface area contributed by atoms with E-state index in [2.05, 4.69) is 32.7 Å². The second kappa shape index (κ2) is 7.35. The molecule has 0 bridgehead atoms. The highest BCUT2D eigenvalue weighted by Crippen LogP contribution is 2.74. The Kier molecular flexibility index (Phi) is 4.78. The molecule has 1 atom stereocenters. The number of hydrogen-bond acceptors (Lipinski definition) is 4. The first kappa shape index (κ1) is 24.1. The van der Waals surface area contributed by atoms with E-state index in [-0.39, 0.29) is 22.2 Å². The van der Waals surface area contributed by atoms with Crippen molar-refractivity contribution in [2.45, 2.75) is 107 Å². The van der Waals surface area contributed by atoms with E-state index in [9.17, 15) is 13.2 Å². The molecule has 0 unspecified atom stereocenters. The number of hydrogen-bond donors (Lipinski definition) is 0. The van der Waals surface area contributed by atoms with Crippen molar-refractivity contribution in [1.82, 2.24) is 9.97 Å². The van der Waals surface area contributed by atoms with E-state index in [0.717, 1.165) is 42.8 Å². The van der Waals surface area contributed by atoms with Crippen molar-refractivity contribution in [3.8, 4) is 0 Å². The van der Waals surface area contributed by atoms with Crippen LogP contribution in [0.3, 0.4) is 0 Å². The molecule has 0 aromatic carbocycles. The minimum absolute atomic E-state index is 0.117. The first-order chi connectivity index (χ1) is 17.4. The lowest BCUT2D eigenvalue weighted by Crippen LogP contribution is -2.44. The monoisotopic (exact) mass is 512 g/mol. The van der Waals surface area contributed by atoms with Crippen molar-refractivity contribution in [2.75, 3.05) is 13.2 Å². The average molecular weight is 513 g/mol. The lowest BCUT2D eigenvalue weighted by molar-refractivity contribution is -0.138. The molecule has 2 aromatic heterocycles. The van der Waals surface area contributed by atoms with E-state index in [0.29, 0.717) is 18.9 Å². The maximum atomic E-state index is 13.3. The molecule has 4 heterocycles. The van der Waals surface area contributed by atoms with Crippen LogP contribution < -0.4 is 0 Å². The Morgan fingerprint density at radius 3 is 2.22 bits per heavy atom. The summed E-state index contributed by atoms with van der Waals surface area (Å²) in [5.41, 5.74) is 5.88. The van der Waals surface area contributed by atoms with Gasteiger partial charge in [0.2, 0.25) is 0 Å². The summed E-state index contributed by atoms with van der Waals surface area (Å²) >= 11 is 0. The van der Waals surface area contributed by atoms with Crippen LogP contribution in [0.25, 0.3) is 0 Å². The van der Waals surface area contributed by atoms with Crippen molar-refractivity contribution in [3.05, 3.63) is 57.7 Å². The second-order valence-corrected chi connectivity index (χ2v) is 13.2. The minimum Gasteiger partial charge on any atom is -0.381 e. The van der Waals surface area contributed by atoms with Crippen molar-refractivity contribution in [3.63, 3.8) is 0 Å². The van der Waals surface area contributed by atoms with Gasteiger partial charge in [0.05, 0.1) is 22.6 Å². The minimum atomic E-state index is -4.42. The topological polar surface area (TPSA) is 44.2 Å². The number of fused-ring (bicyclic) bond motifs is 6. The molecule has 0 N–H and O–H groups in total. The highest BCUT2D eigenvalue weighted by molar-refractivity contribution is 5.60. The van der Waals surface area contributed by atoms with Crippen LogP contribution in [0, 0.1) is 5.41 Å². The summed E-state index contributed by atoms with van der Waals surface area (Å²) in [5.74, 6) is 0.158. The van der Waals surface area contributed by atoms with Gasteiger partial charge in [0, 0.05) is 48.9 Å². The van der Waals surface area contributed by atoms with E-state index < -0.39 is 23.4 Å². The Morgan fingerprint density at radius 1 is 0.973 bits per heavy atom. The Hall–Kier alpha value is -1.99. The van der Waals surface area contributed by atoms with Crippen LogP contribution in [0.5, 0.6) is 0 Å². The zero-order valence-electron chi connectivity index (χ0n) is 22.1. The molecule has 0 radical (unpaired) electrons. The van der Waals surface area contributed by atoms with Crippen LogP contribution >= 0.6 is 0 Å². The molecular formula is C30H35F3N2O2. The smallest absolute Gasteiger partial charge is 0.381 e. The van der Waals surface area contributed by atoms with Gasteiger partial charge in [0.25, 0.3) is 0 Å². The molecule has 2 saturated carbocycles. The number of halogens is 3. The maximum Gasteiger partial charge on any atom is 0.417 e. The van der Waals surface area contributed by atoms with Crippen molar-refractivity contribution < 1.29 is 22.6 Å². The third-order valence-electron chi connectivity index (χ3n) is 10.2. The number of alkyl halides is 3. The van der Waals surface area contributed by atoms with Crippen LogP contribution in [-0.2, 0) is 32.1 Å². The lowest BCUT2D eigenvalue weighted by atomic mass is 9.58. The van der Waals surface area contributed by atoms with Crippen LogP contribution in [0.1, 0.15) is 124 Å². The third-order valence-corrected chi connectivity index (χ3v) is 10.2. The summed E-state index contributed by atoms with van der Waals surface area (Å²) in [4.78, 5) is 9.85. The fourth-order valence-electron chi connectivity index (χ4n) is 8.05. The van der Waals surface area contributed by atoms with Crippen LogP contribution in [0.15, 0.2) is 18.3 Å². The van der Waals surface area contributed by atoms with E-state index in [4.69, 9.17) is 14.5 Å². The highest BCUT2D eigenvalue weighted by Gasteiger charge is 2.68. The van der Waals surface area contributed by atoms with Gasteiger partial charge in [-0.05, 0) is 72.1 Å². The highest BCUT2D eigenvalue weighted by atomic mass is 19.4. The van der Waals surface area contributed by atoms with Crippen LogP contribution in [0.4, 0.5) is 13.2 Å². The molecule has 0 amide bonds. The largest absolute Gasteiger partial charge is 0.417 e. The summed E-state index contributed by atoms with van der Waals surface area (Å²) in [6.07, 6.45) is 3.35. The van der Waals surface area contributed by atoms with Gasteiger partial charge in [-0.3, -0.25) is 9.97 Å². The molecular weight excluding hydrogens is 477 g/mol. The van der Waals surface area contributed by atoms with E-state index >= 15 is 0 Å². The number of pyridine rings is 2. The predicted octanol–water partition coefficient (Wildman–Crippen LogP) is 7.24. The molecule has 198 valence electrons. The molecule has 2 aromatic rings. The van der Waals surface area contributed by atoms with Gasteiger partial charge in [0.1, 0.15) is 6.10 Å². The molecule has 2 aliphatic heterocycles. The normalized spacial score (nSPS) is 27.5. The van der Waals surface area contributed by atoms with Gasteiger partial charge >= 0.3 is 6.18 Å². The molecule has 3 fully saturated rings. The molecule has 1 saturated heterocycles. The summed E-state index contributed by atoms with van der Waals surface area (Å²) in [7, 11) is 0. The maximum absolute atomic E-state index is 13.3. The first-order valence-electron chi connectivity index (χ1n) is 13.8. The van der Waals surface area contributed by atoms with E-state index in [1.54, 1.807) is 0 Å². The molecule has 3 spiro atoms. The van der Waals surface area contributed by atoms with Gasteiger partial charge in [0.15, 0.2) is 0 Å². The van der Waals surface area contributed by atoms with E-state index in [1.807, 2.05) is 0 Å². The second-order valence-electron chi connectivity index (χ2n) is 13.2. The zero-order valence-corrected chi connectivity index (χ0v) is 22.1. The number of nitrogens with zero attached hydrogens (tertiary/aromatic N) is 2. The number of ether oxygens (including phenoxy) is 2. The van der Waals surface area contributed by atoms with Crippen molar-refractivity contribution >= 4 is 0 Å². The first-order valence-corrected chi connectivity index (χ1v) is 13.8. The summed E-state index contributed by atoms with van der Waals surface area (Å²) in [5, 5.41) is 0. The Balaban J connectivity index is 1.50. The van der Waals surface area contributed by atoms with Gasteiger partial charge < -0.3 is 9.47 Å². The average Bonchev–Trinajstić information content (AvgIpc) is 3.76. The molecule has 7 heteroatoms. The Labute approximate surface area is 216 Å². The fraction of sp³-hybridized carbons (Fsp3) is 0.667. The molecule has 3 aliphatic carbocycles. The Morgan fingerprint density at radius 2 is 1.68 bits per heavy atom. The van der Waals surface area contributed by atoms with Gasteiger partial charge in [-0.25, -0.2) is 0 Å². The summed E-state index contributed by atoms with van der Waals surface area (Å²) < 4.78 is 52.8. The standard InChI is InChI=1S/C30H35F3N2O2/c1-17(2)23-20-21(22-25(35-23)28(9-10-28)26(3,4)16-27(22)7-8-27)29(11-13-36-14-12-29)37-24(20)19-6-5-18(15-34-19)30(31,32)33/h5-6,15,17,24H,7-14,16H2,1-4H3/t24-/m1/s1. The Bertz CT molecular complexity index is 1270. The van der Waals surface area contributed by atoms with Gasteiger partial charge in [-0.1, -0.05) is 27.7 Å². The SMILES string of the molecule is CC(C)c1nc2c(c3c1[C@@H](c1ccc(C(F)(F)F)cn1)OC31CCOCC1)C1(CC1)CC(C)(C)C21CC1. The zero-order chi connectivity index (χ0) is 26.0. The summed E-state index contributed by atoms with van der Waals surface area (Å²) in [6.45, 7) is 10.4. The molecule has 37 heavy (non-hydrogen) atoms. The van der Waals surface area contributed by atoms with Crippen molar-refractivity contribution in [2.24, 2.45) is 5.41 Å². The predicted molar refractivity (Wildman–Crippen MR) is 132 cm³/mol. The summed E-state index contributed by atoms with van der Waals surface area (Å²) in [6, 6.07) is 2.63. The van der Waals surface area contributed by atoms with E-state index in [1.165, 1.54) is 48.6 Å². The van der Waals surface area contributed by atoms with Gasteiger partial charge in [-0.15, -0.1) is 0 Å². The number of rotatable bonds is 2. The third kappa shape index (κ3) is 3.22. The molecule has 5 aliphatic rings. The van der Waals surface area contributed by atoms with Crippen molar-refractivity contribution in [1.29, 1.82) is 0 Å².